The largest absolute Gasteiger partial charge is 0.326 e. The van der Waals surface area contributed by atoms with Gasteiger partial charge in [-0.15, -0.1) is 0 Å². The Hall–Kier alpha value is -0.380. The lowest BCUT2D eigenvalue weighted by molar-refractivity contribution is 0.189. The molecule has 14 heavy (non-hydrogen) atoms. The van der Waals surface area contributed by atoms with Crippen LogP contribution in [0.3, 0.4) is 0 Å². The molecule has 76 valence electrons. The molecule has 0 aromatic heterocycles. The van der Waals surface area contributed by atoms with Gasteiger partial charge in [0.15, 0.2) is 0 Å². The molecule has 0 saturated carbocycles. The summed E-state index contributed by atoms with van der Waals surface area (Å²) < 4.78 is 1.21. The van der Waals surface area contributed by atoms with Gasteiger partial charge < -0.3 is 10.6 Å². The summed E-state index contributed by atoms with van der Waals surface area (Å²) in [5, 5.41) is 0. The summed E-state index contributed by atoms with van der Waals surface area (Å²) in [7, 11) is 2.15. The van der Waals surface area contributed by atoms with Crippen LogP contribution >= 0.6 is 15.9 Å². The number of likely N-dealkylation sites (tertiary alicyclic amines) is 1. The zero-order chi connectivity index (χ0) is 10.1. The second-order valence-corrected chi connectivity index (χ2v) is 4.83. The van der Waals surface area contributed by atoms with Gasteiger partial charge in [0.25, 0.3) is 0 Å². The predicted molar refractivity (Wildman–Crippen MR) is 62.3 cm³/mol. The highest BCUT2D eigenvalue weighted by Crippen LogP contribution is 2.31. The number of nitrogens with zero attached hydrogens (tertiary/aromatic N) is 1. The summed E-state index contributed by atoms with van der Waals surface area (Å²) in [6, 6.07) is 6.45. The van der Waals surface area contributed by atoms with Gasteiger partial charge in [-0.3, -0.25) is 0 Å². The lowest BCUT2D eigenvalue weighted by Crippen LogP contribution is -2.41. The Balaban J connectivity index is 2.18. The van der Waals surface area contributed by atoms with Crippen LogP contribution in [-0.2, 0) is 6.54 Å². The summed E-state index contributed by atoms with van der Waals surface area (Å²) in [6.07, 6.45) is 0. The van der Waals surface area contributed by atoms with Crippen molar-refractivity contribution in [3.05, 3.63) is 33.8 Å². The summed E-state index contributed by atoms with van der Waals surface area (Å²) in [6.45, 7) is 2.95. The maximum atomic E-state index is 5.58. The van der Waals surface area contributed by atoms with E-state index in [0.717, 1.165) is 0 Å². The minimum absolute atomic E-state index is 0.615. The number of benzene rings is 1. The van der Waals surface area contributed by atoms with Crippen molar-refractivity contribution < 1.29 is 0 Å². The molecule has 1 aliphatic rings. The van der Waals surface area contributed by atoms with Crippen molar-refractivity contribution in [3.63, 3.8) is 0 Å². The minimum atomic E-state index is 0.615. The summed E-state index contributed by atoms with van der Waals surface area (Å²) >= 11 is 3.61. The van der Waals surface area contributed by atoms with Crippen molar-refractivity contribution in [1.82, 2.24) is 4.90 Å². The van der Waals surface area contributed by atoms with Gasteiger partial charge in [0, 0.05) is 30.0 Å². The highest BCUT2D eigenvalue weighted by atomic mass is 79.9. The smallest absolute Gasteiger partial charge is 0.0214 e. The maximum absolute atomic E-state index is 5.58. The Morgan fingerprint density at radius 1 is 1.50 bits per heavy atom. The van der Waals surface area contributed by atoms with Crippen LogP contribution < -0.4 is 5.73 Å². The standard InChI is InChI=1S/C11H15BrN2/c1-14-6-9(7-14)10-3-2-8(5-13)4-11(10)12/h2-4,9H,5-7,13H2,1H3. The van der Waals surface area contributed by atoms with E-state index in [1.807, 2.05) is 0 Å². The van der Waals surface area contributed by atoms with E-state index in [1.54, 1.807) is 0 Å². The van der Waals surface area contributed by atoms with E-state index in [0.29, 0.717) is 12.5 Å². The van der Waals surface area contributed by atoms with E-state index in [4.69, 9.17) is 5.73 Å². The minimum Gasteiger partial charge on any atom is -0.326 e. The molecule has 1 saturated heterocycles. The van der Waals surface area contributed by atoms with E-state index < -0.39 is 0 Å². The topological polar surface area (TPSA) is 29.3 Å². The Morgan fingerprint density at radius 2 is 2.21 bits per heavy atom. The van der Waals surface area contributed by atoms with Crippen molar-refractivity contribution in [2.75, 3.05) is 20.1 Å². The number of hydrogen-bond acceptors (Lipinski definition) is 2. The average molecular weight is 255 g/mol. The Morgan fingerprint density at radius 3 is 2.71 bits per heavy atom. The molecule has 1 heterocycles. The molecule has 1 aromatic rings. The fraction of sp³-hybridized carbons (Fsp3) is 0.455. The molecule has 2 N–H and O–H groups in total. The van der Waals surface area contributed by atoms with Gasteiger partial charge in [0.1, 0.15) is 0 Å². The quantitative estimate of drug-likeness (QED) is 0.875. The zero-order valence-electron chi connectivity index (χ0n) is 8.33. The van der Waals surface area contributed by atoms with Gasteiger partial charge in [-0.1, -0.05) is 28.1 Å². The molecular weight excluding hydrogens is 240 g/mol. The summed E-state index contributed by atoms with van der Waals surface area (Å²) in [5.41, 5.74) is 8.19. The SMILES string of the molecule is CN1CC(c2ccc(CN)cc2Br)C1. The molecule has 0 radical (unpaired) electrons. The van der Waals surface area contributed by atoms with Crippen molar-refractivity contribution >= 4 is 15.9 Å². The number of halogens is 1. The van der Waals surface area contributed by atoms with Gasteiger partial charge in [-0.05, 0) is 24.2 Å². The van der Waals surface area contributed by atoms with Crippen LogP contribution in [0.15, 0.2) is 22.7 Å². The molecule has 1 aliphatic heterocycles. The first kappa shape index (κ1) is 10.1. The Bertz CT molecular complexity index is 332. The normalized spacial score (nSPS) is 18.2. The van der Waals surface area contributed by atoms with Gasteiger partial charge in [-0.25, -0.2) is 0 Å². The lowest BCUT2D eigenvalue weighted by atomic mass is 9.91. The van der Waals surface area contributed by atoms with Gasteiger partial charge >= 0.3 is 0 Å². The average Bonchev–Trinajstić information content (AvgIpc) is 2.13. The first-order valence-electron chi connectivity index (χ1n) is 4.87. The van der Waals surface area contributed by atoms with E-state index in [2.05, 4.69) is 46.1 Å². The van der Waals surface area contributed by atoms with Crippen molar-refractivity contribution in [3.8, 4) is 0 Å². The van der Waals surface area contributed by atoms with Crippen LogP contribution in [0.2, 0.25) is 0 Å². The fourth-order valence-corrected chi connectivity index (χ4v) is 2.67. The number of nitrogens with two attached hydrogens (primary N) is 1. The van der Waals surface area contributed by atoms with E-state index in [1.165, 1.54) is 28.7 Å². The predicted octanol–water partition coefficient (Wildman–Crippen LogP) is 1.94. The van der Waals surface area contributed by atoms with Crippen LogP contribution in [0.4, 0.5) is 0 Å². The number of hydrogen-bond donors (Lipinski definition) is 1. The summed E-state index contributed by atoms with van der Waals surface area (Å²) in [5.74, 6) is 0.696. The summed E-state index contributed by atoms with van der Waals surface area (Å²) in [4.78, 5) is 2.33. The van der Waals surface area contributed by atoms with Crippen LogP contribution in [0.1, 0.15) is 17.0 Å². The molecule has 2 rings (SSSR count). The van der Waals surface area contributed by atoms with Gasteiger partial charge in [-0.2, -0.15) is 0 Å². The molecule has 0 amide bonds. The fourth-order valence-electron chi connectivity index (χ4n) is 1.92. The molecule has 1 aromatic carbocycles. The van der Waals surface area contributed by atoms with Crippen molar-refractivity contribution in [2.24, 2.45) is 5.73 Å². The zero-order valence-corrected chi connectivity index (χ0v) is 9.92. The third-order valence-corrected chi connectivity index (χ3v) is 3.49. The first-order valence-corrected chi connectivity index (χ1v) is 5.67. The molecule has 2 nitrogen and oxygen atoms in total. The highest BCUT2D eigenvalue weighted by Gasteiger charge is 2.26. The number of rotatable bonds is 2. The highest BCUT2D eigenvalue weighted by molar-refractivity contribution is 9.10. The van der Waals surface area contributed by atoms with Crippen LogP contribution in [-0.4, -0.2) is 25.0 Å². The molecule has 3 heteroatoms. The van der Waals surface area contributed by atoms with E-state index in [9.17, 15) is 0 Å². The van der Waals surface area contributed by atoms with E-state index >= 15 is 0 Å². The molecule has 0 atom stereocenters. The molecule has 0 unspecified atom stereocenters. The Labute approximate surface area is 93.2 Å². The van der Waals surface area contributed by atoms with Crippen LogP contribution in [0.25, 0.3) is 0 Å². The third kappa shape index (κ3) is 1.85. The second-order valence-electron chi connectivity index (χ2n) is 3.98. The molecule has 0 spiro atoms. The van der Waals surface area contributed by atoms with E-state index in [-0.39, 0.29) is 0 Å². The maximum Gasteiger partial charge on any atom is 0.0214 e. The molecule has 1 fully saturated rings. The van der Waals surface area contributed by atoms with Crippen LogP contribution in [0, 0.1) is 0 Å². The van der Waals surface area contributed by atoms with Gasteiger partial charge in [0.05, 0.1) is 0 Å². The third-order valence-electron chi connectivity index (χ3n) is 2.80. The van der Waals surface area contributed by atoms with Crippen LogP contribution in [0.5, 0.6) is 0 Å². The number of likely N-dealkylation sites (N-methyl/N-ethyl adjacent to an activating group) is 1. The first-order chi connectivity index (χ1) is 6.70. The Kier molecular flexibility index (Phi) is 2.91. The molecule has 0 bridgehead atoms. The van der Waals surface area contributed by atoms with Crippen molar-refractivity contribution in [2.45, 2.75) is 12.5 Å². The molecular formula is C11H15BrN2. The molecule has 0 aliphatic carbocycles. The van der Waals surface area contributed by atoms with Crippen molar-refractivity contribution in [1.29, 1.82) is 0 Å². The second kappa shape index (κ2) is 4.01. The monoisotopic (exact) mass is 254 g/mol. The van der Waals surface area contributed by atoms with Gasteiger partial charge in [0.2, 0.25) is 0 Å². The lowest BCUT2D eigenvalue weighted by Gasteiger charge is -2.37.